The summed E-state index contributed by atoms with van der Waals surface area (Å²) in [7, 11) is 0. The fraction of sp³-hybridized carbons (Fsp3) is 0.312. The summed E-state index contributed by atoms with van der Waals surface area (Å²) in [5, 5.41) is 11.1. The first-order valence-electron chi connectivity index (χ1n) is 7.01. The molecule has 5 nitrogen and oxygen atoms in total. The van der Waals surface area contributed by atoms with Gasteiger partial charge in [-0.05, 0) is 31.5 Å². The molecule has 1 aromatic heterocycles. The zero-order valence-electron chi connectivity index (χ0n) is 12.6. The molecule has 0 saturated carbocycles. The number of aliphatic carboxylic acids is 1. The molecule has 2 aromatic rings. The first-order valence-corrected chi connectivity index (χ1v) is 7.89. The van der Waals surface area contributed by atoms with E-state index >= 15 is 0 Å². The van der Waals surface area contributed by atoms with Crippen LogP contribution >= 0.6 is 11.3 Å². The lowest BCUT2D eigenvalue weighted by atomic mass is 10.2. The summed E-state index contributed by atoms with van der Waals surface area (Å²) >= 11 is 1.32. The highest BCUT2D eigenvalue weighted by Crippen LogP contribution is 2.18. The van der Waals surface area contributed by atoms with Crippen LogP contribution in [0.5, 0.6) is 0 Å². The third kappa shape index (κ3) is 4.14. The number of thiazole rings is 1. The van der Waals surface area contributed by atoms with Crippen molar-refractivity contribution in [2.75, 3.05) is 11.4 Å². The predicted molar refractivity (Wildman–Crippen MR) is 86.4 cm³/mol. The van der Waals surface area contributed by atoms with Gasteiger partial charge in [-0.2, -0.15) is 0 Å². The number of carboxylic acids is 1. The van der Waals surface area contributed by atoms with Gasteiger partial charge in [0.2, 0.25) is 5.91 Å². The van der Waals surface area contributed by atoms with Gasteiger partial charge in [-0.1, -0.05) is 12.1 Å². The van der Waals surface area contributed by atoms with Crippen LogP contribution in [0.4, 0.5) is 5.69 Å². The van der Waals surface area contributed by atoms with E-state index in [0.717, 1.165) is 11.3 Å². The number of hydrogen-bond acceptors (Lipinski definition) is 4. The second kappa shape index (κ2) is 7.17. The summed E-state index contributed by atoms with van der Waals surface area (Å²) in [6.07, 6.45) is 0.0755. The molecule has 1 N–H and O–H groups in total. The van der Waals surface area contributed by atoms with Gasteiger partial charge in [-0.15, -0.1) is 11.3 Å². The van der Waals surface area contributed by atoms with Gasteiger partial charge in [0.1, 0.15) is 5.01 Å². The average molecular weight is 318 g/mol. The number of amides is 1. The summed E-state index contributed by atoms with van der Waals surface area (Å²) < 4.78 is 0. The van der Waals surface area contributed by atoms with E-state index in [1.807, 2.05) is 38.1 Å². The molecule has 0 radical (unpaired) electrons. The van der Waals surface area contributed by atoms with Crippen molar-refractivity contribution in [2.45, 2.75) is 26.7 Å². The standard InChI is InChI=1S/C16H18N2O3S/c1-3-18(13-6-4-5-11(2)7-13)15(19)9-14-17-12(10-22-14)8-16(20)21/h4-7,10H,3,8-9H2,1-2H3,(H,20,21). The lowest BCUT2D eigenvalue weighted by molar-refractivity contribution is -0.136. The highest BCUT2D eigenvalue weighted by atomic mass is 32.1. The number of likely N-dealkylation sites (N-methyl/N-ethyl adjacent to an activating group) is 1. The molecule has 0 spiro atoms. The quantitative estimate of drug-likeness (QED) is 0.889. The van der Waals surface area contributed by atoms with Crippen molar-refractivity contribution in [2.24, 2.45) is 0 Å². The van der Waals surface area contributed by atoms with Gasteiger partial charge in [-0.25, -0.2) is 4.98 Å². The van der Waals surface area contributed by atoms with E-state index in [2.05, 4.69) is 4.98 Å². The van der Waals surface area contributed by atoms with Crippen LogP contribution in [0.3, 0.4) is 0 Å². The summed E-state index contributed by atoms with van der Waals surface area (Å²) in [5.74, 6) is -0.956. The minimum Gasteiger partial charge on any atom is -0.481 e. The van der Waals surface area contributed by atoms with Crippen molar-refractivity contribution in [3.05, 3.63) is 45.9 Å². The van der Waals surface area contributed by atoms with Crippen LogP contribution in [0.15, 0.2) is 29.6 Å². The van der Waals surface area contributed by atoms with Crippen LogP contribution < -0.4 is 4.90 Å². The topological polar surface area (TPSA) is 70.5 Å². The Morgan fingerprint density at radius 1 is 1.32 bits per heavy atom. The number of nitrogens with zero attached hydrogens (tertiary/aromatic N) is 2. The van der Waals surface area contributed by atoms with Gasteiger partial charge in [0.25, 0.3) is 0 Å². The molecular weight excluding hydrogens is 300 g/mol. The molecule has 0 saturated heterocycles. The molecule has 0 unspecified atom stereocenters. The Balaban J connectivity index is 2.09. The first kappa shape index (κ1) is 16.2. The molecular formula is C16H18N2O3S. The molecule has 0 aliphatic carbocycles. The van der Waals surface area contributed by atoms with Crippen molar-refractivity contribution < 1.29 is 14.7 Å². The molecule has 0 aliphatic rings. The van der Waals surface area contributed by atoms with Gasteiger partial charge >= 0.3 is 5.97 Å². The maximum Gasteiger partial charge on any atom is 0.309 e. The molecule has 0 aliphatic heterocycles. The number of carbonyl (C=O) groups excluding carboxylic acids is 1. The van der Waals surface area contributed by atoms with Crippen LogP contribution in [0.25, 0.3) is 0 Å². The van der Waals surface area contributed by atoms with Gasteiger partial charge < -0.3 is 10.0 Å². The highest BCUT2D eigenvalue weighted by molar-refractivity contribution is 7.09. The molecule has 0 fully saturated rings. The molecule has 22 heavy (non-hydrogen) atoms. The maximum atomic E-state index is 12.5. The zero-order valence-corrected chi connectivity index (χ0v) is 13.4. The monoisotopic (exact) mass is 318 g/mol. The van der Waals surface area contributed by atoms with Crippen molar-refractivity contribution >= 4 is 28.9 Å². The van der Waals surface area contributed by atoms with E-state index < -0.39 is 5.97 Å². The van der Waals surface area contributed by atoms with Crippen molar-refractivity contribution in [1.29, 1.82) is 0 Å². The number of aromatic nitrogens is 1. The van der Waals surface area contributed by atoms with Crippen LogP contribution in [-0.4, -0.2) is 28.5 Å². The van der Waals surface area contributed by atoms with E-state index in [-0.39, 0.29) is 18.7 Å². The number of carboxylic acid groups (broad SMARTS) is 1. The van der Waals surface area contributed by atoms with Gasteiger partial charge in [-0.3, -0.25) is 9.59 Å². The Kier molecular flexibility index (Phi) is 5.27. The third-order valence-electron chi connectivity index (χ3n) is 3.16. The first-order chi connectivity index (χ1) is 10.5. The number of hydrogen-bond donors (Lipinski definition) is 1. The fourth-order valence-corrected chi connectivity index (χ4v) is 2.97. The van der Waals surface area contributed by atoms with E-state index in [9.17, 15) is 9.59 Å². The largest absolute Gasteiger partial charge is 0.481 e. The average Bonchev–Trinajstić information content (AvgIpc) is 2.86. The van der Waals surface area contributed by atoms with Gasteiger partial charge in [0.15, 0.2) is 0 Å². The zero-order chi connectivity index (χ0) is 16.1. The molecule has 1 aromatic carbocycles. The smallest absolute Gasteiger partial charge is 0.309 e. The Hall–Kier alpha value is -2.21. The van der Waals surface area contributed by atoms with Crippen LogP contribution in [0.1, 0.15) is 23.2 Å². The second-order valence-electron chi connectivity index (χ2n) is 4.96. The number of benzene rings is 1. The minimum absolute atomic E-state index is 0.0377. The number of carbonyl (C=O) groups is 2. The number of anilines is 1. The Bertz CT molecular complexity index is 682. The molecule has 116 valence electrons. The Morgan fingerprint density at radius 3 is 2.73 bits per heavy atom. The maximum absolute atomic E-state index is 12.5. The second-order valence-corrected chi connectivity index (χ2v) is 5.90. The van der Waals surface area contributed by atoms with Gasteiger partial charge in [0.05, 0.1) is 18.5 Å². The van der Waals surface area contributed by atoms with E-state index in [0.29, 0.717) is 17.2 Å². The van der Waals surface area contributed by atoms with Crippen LogP contribution in [0.2, 0.25) is 0 Å². The third-order valence-corrected chi connectivity index (χ3v) is 4.06. The molecule has 2 rings (SSSR count). The number of rotatable bonds is 6. The fourth-order valence-electron chi connectivity index (χ4n) is 2.19. The molecule has 1 amide bonds. The summed E-state index contributed by atoms with van der Waals surface area (Å²) in [6.45, 7) is 4.49. The number of aryl methyl sites for hydroxylation is 1. The lowest BCUT2D eigenvalue weighted by Crippen LogP contribution is -2.32. The van der Waals surface area contributed by atoms with Crippen LogP contribution in [-0.2, 0) is 22.4 Å². The highest BCUT2D eigenvalue weighted by Gasteiger charge is 2.17. The van der Waals surface area contributed by atoms with Crippen molar-refractivity contribution in [1.82, 2.24) is 4.98 Å². The molecule has 1 heterocycles. The normalized spacial score (nSPS) is 10.5. The predicted octanol–water partition coefficient (Wildman–Crippen LogP) is 2.67. The summed E-state index contributed by atoms with van der Waals surface area (Å²) in [4.78, 5) is 29.0. The Labute approximate surface area is 133 Å². The van der Waals surface area contributed by atoms with Crippen molar-refractivity contribution in [3.63, 3.8) is 0 Å². The summed E-state index contributed by atoms with van der Waals surface area (Å²) in [6, 6.07) is 7.79. The SMILES string of the molecule is CCN(C(=O)Cc1nc(CC(=O)O)cs1)c1cccc(C)c1. The molecule has 0 bridgehead atoms. The van der Waals surface area contributed by atoms with Gasteiger partial charge in [0, 0.05) is 17.6 Å². The molecule has 0 atom stereocenters. The van der Waals surface area contributed by atoms with Crippen LogP contribution in [0, 0.1) is 6.92 Å². The van der Waals surface area contributed by atoms with E-state index in [4.69, 9.17) is 5.11 Å². The van der Waals surface area contributed by atoms with E-state index in [1.165, 1.54) is 11.3 Å². The molecule has 6 heteroatoms. The van der Waals surface area contributed by atoms with E-state index in [1.54, 1.807) is 10.3 Å². The lowest BCUT2D eigenvalue weighted by Gasteiger charge is -2.21. The minimum atomic E-state index is -0.918. The van der Waals surface area contributed by atoms with Crippen molar-refractivity contribution in [3.8, 4) is 0 Å². The Morgan fingerprint density at radius 2 is 2.09 bits per heavy atom. The summed E-state index contributed by atoms with van der Waals surface area (Å²) in [5.41, 5.74) is 2.47.